The number of rotatable bonds is 3. The zero-order valence-electron chi connectivity index (χ0n) is 11.6. The average Bonchev–Trinajstić information content (AvgIpc) is 2.52. The number of aryl methyl sites for hydroxylation is 1. The molecule has 0 heterocycles. The van der Waals surface area contributed by atoms with Crippen LogP contribution < -0.4 is 5.48 Å². The molecule has 0 unspecified atom stereocenters. The number of hydrogen-bond donors (Lipinski definition) is 1. The summed E-state index contributed by atoms with van der Waals surface area (Å²) in [5.74, 6) is -1.09. The summed E-state index contributed by atoms with van der Waals surface area (Å²) in [7, 11) is 0. The number of carbonyl (C=O) groups excluding carboxylic acids is 2. The summed E-state index contributed by atoms with van der Waals surface area (Å²) < 4.78 is 0. The third-order valence-corrected chi connectivity index (χ3v) is 2.85. The van der Waals surface area contributed by atoms with Crippen molar-refractivity contribution in [3.05, 3.63) is 77.4 Å². The van der Waals surface area contributed by atoms with Gasteiger partial charge in [-0.2, -0.15) is 5.48 Å². The number of benzene rings is 2. The lowest BCUT2D eigenvalue weighted by Crippen LogP contribution is -2.26. The molecule has 0 aliphatic carbocycles. The predicted molar refractivity (Wildman–Crippen MR) is 80.2 cm³/mol. The van der Waals surface area contributed by atoms with E-state index in [1.807, 2.05) is 49.4 Å². The minimum absolute atomic E-state index is 0.449. The third-order valence-electron chi connectivity index (χ3n) is 2.85. The van der Waals surface area contributed by atoms with Crippen molar-refractivity contribution in [3.63, 3.8) is 0 Å². The van der Waals surface area contributed by atoms with E-state index in [1.54, 1.807) is 18.2 Å². The monoisotopic (exact) mass is 281 g/mol. The van der Waals surface area contributed by atoms with Crippen molar-refractivity contribution in [1.82, 2.24) is 5.48 Å². The fraction of sp³-hybridized carbons (Fsp3) is 0.0588. The van der Waals surface area contributed by atoms with E-state index in [9.17, 15) is 9.59 Å². The summed E-state index contributed by atoms with van der Waals surface area (Å²) in [4.78, 5) is 28.1. The molecule has 4 heteroatoms. The van der Waals surface area contributed by atoms with E-state index >= 15 is 0 Å². The summed E-state index contributed by atoms with van der Waals surface area (Å²) in [6.45, 7) is 1.81. The molecule has 0 bridgehead atoms. The number of nitrogens with one attached hydrogen (secondary N) is 1. The van der Waals surface area contributed by atoms with E-state index in [1.165, 1.54) is 6.08 Å². The highest BCUT2D eigenvalue weighted by molar-refractivity contribution is 5.96. The molecule has 1 amide bonds. The number of carbonyl (C=O) groups is 2. The van der Waals surface area contributed by atoms with Crippen LogP contribution in [-0.4, -0.2) is 11.9 Å². The van der Waals surface area contributed by atoms with Crippen molar-refractivity contribution in [2.24, 2.45) is 0 Å². The lowest BCUT2D eigenvalue weighted by atomic mass is 10.1. The topological polar surface area (TPSA) is 55.4 Å². The number of hydroxylamine groups is 1. The highest BCUT2D eigenvalue weighted by atomic mass is 16.7. The first-order valence-electron chi connectivity index (χ1n) is 6.47. The molecule has 0 saturated carbocycles. The van der Waals surface area contributed by atoms with Gasteiger partial charge in [0.25, 0.3) is 5.91 Å². The van der Waals surface area contributed by atoms with E-state index in [0.29, 0.717) is 5.56 Å². The molecule has 0 saturated heterocycles. The van der Waals surface area contributed by atoms with Crippen LogP contribution in [0.4, 0.5) is 0 Å². The summed E-state index contributed by atoms with van der Waals surface area (Å²) in [5, 5.41) is 0. The van der Waals surface area contributed by atoms with Crippen LogP contribution in [-0.2, 0) is 9.63 Å². The number of amides is 1. The molecule has 0 atom stereocenters. The minimum Gasteiger partial charge on any atom is -0.336 e. The third kappa shape index (κ3) is 4.31. The van der Waals surface area contributed by atoms with Gasteiger partial charge in [0, 0.05) is 11.6 Å². The lowest BCUT2D eigenvalue weighted by molar-refractivity contribution is -0.142. The van der Waals surface area contributed by atoms with Gasteiger partial charge in [-0.1, -0.05) is 48.5 Å². The van der Waals surface area contributed by atoms with Gasteiger partial charge in [0.05, 0.1) is 0 Å². The molecule has 0 aliphatic heterocycles. The zero-order chi connectivity index (χ0) is 15.1. The summed E-state index contributed by atoms with van der Waals surface area (Å²) in [5.41, 5.74) is 4.29. The average molecular weight is 281 g/mol. The van der Waals surface area contributed by atoms with Gasteiger partial charge < -0.3 is 4.84 Å². The Morgan fingerprint density at radius 2 is 1.67 bits per heavy atom. The Balaban J connectivity index is 1.88. The van der Waals surface area contributed by atoms with Crippen molar-refractivity contribution >= 4 is 18.0 Å². The van der Waals surface area contributed by atoms with Crippen LogP contribution in [0.25, 0.3) is 6.08 Å². The second kappa shape index (κ2) is 7.05. The minimum atomic E-state index is -0.638. The second-order valence-electron chi connectivity index (χ2n) is 4.41. The molecular formula is C17H15NO3. The normalized spacial score (nSPS) is 10.3. The largest absolute Gasteiger partial charge is 0.355 e. The van der Waals surface area contributed by atoms with Gasteiger partial charge in [0.1, 0.15) is 0 Å². The van der Waals surface area contributed by atoms with Crippen LogP contribution in [0.2, 0.25) is 0 Å². The maximum absolute atomic E-state index is 11.8. The summed E-state index contributed by atoms with van der Waals surface area (Å²) >= 11 is 0. The van der Waals surface area contributed by atoms with Crippen LogP contribution in [0.1, 0.15) is 21.5 Å². The molecule has 4 nitrogen and oxygen atoms in total. The fourth-order valence-corrected chi connectivity index (χ4v) is 1.74. The van der Waals surface area contributed by atoms with Crippen LogP contribution in [0, 0.1) is 6.92 Å². The van der Waals surface area contributed by atoms with Crippen LogP contribution in [0.15, 0.2) is 60.7 Å². The Morgan fingerprint density at radius 1 is 1.00 bits per heavy atom. The van der Waals surface area contributed by atoms with Gasteiger partial charge in [0.2, 0.25) is 0 Å². The molecule has 106 valence electrons. The number of hydrogen-bond acceptors (Lipinski definition) is 3. The molecule has 2 aromatic rings. The Labute approximate surface area is 123 Å². The van der Waals surface area contributed by atoms with Crippen LogP contribution in [0.3, 0.4) is 0 Å². The van der Waals surface area contributed by atoms with E-state index in [-0.39, 0.29) is 0 Å². The Kier molecular flexibility index (Phi) is 4.88. The molecule has 21 heavy (non-hydrogen) atoms. The van der Waals surface area contributed by atoms with E-state index in [0.717, 1.165) is 11.1 Å². The second-order valence-corrected chi connectivity index (χ2v) is 4.41. The molecule has 2 aromatic carbocycles. The van der Waals surface area contributed by atoms with E-state index in [2.05, 4.69) is 5.48 Å². The quantitative estimate of drug-likeness (QED) is 0.695. The SMILES string of the molecule is Cc1ccccc1C(=O)NOC(=O)/C=C/c1ccccc1. The molecule has 0 radical (unpaired) electrons. The highest BCUT2D eigenvalue weighted by Gasteiger charge is 2.09. The van der Waals surface area contributed by atoms with Gasteiger partial charge in [-0.15, -0.1) is 0 Å². The molecular weight excluding hydrogens is 266 g/mol. The first kappa shape index (κ1) is 14.5. The Hall–Kier alpha value is -2.88. The van der Waals surface area contributed by atoms with Gasteiger partial charge >= 0.3 is 5.97 Å². The molecule has 0 spiro atoms. The van der Waals surface area contributed by atoms with Crippen LogP contribution in [0.5, 0.6) is 0 Å². The Morgan fingerprint density at radius 3 is 2.38 bits per heavy atom. The van der Waals surface area contributed by atoms with Crippen molar-refractivity contribution in [1.29, 1.82) is 0 Å². The van der Waals surface area contributed by atoms with E-state index < -0.39 is 11.9 Å². The van der Waals surface area contributed by atoms with Crippen molar-refractivity contribution in [2.75, 3.05) is 0 Å². The lowest BCUT2D eigenvalue weighted by Gasteiger charge is -2.05. The van der Waals surface area contributed by atoms with Crippen LogP contribution >= 0.6 is 0 Å². The highest BCUT2D eigenvalue weighted by Crippen LogP contribution is 2.06. The van der Waals surface area contributed by atoms with Gasteiger partial charge in [-0.05, 0) is 30.2 Å². The predicted octanol–water partition coefficient (Wildman–Crippen LogP) is 2.90. The van der Waals surface area contributed by atoms with Crippen molar-refractivity contribution in [3.8, 4) is 0 Å². The zero-order valence-corrected chi connectivity index (χ0v) is 11.6. The Bertz CT molecular complexity index is 663. The molecule has 0 aliphatic rings. The first-order valence-corrected chi connectivity index (χ1v) is 6.47. The molecule has 0 fully saturated rings. The molecule has 1 N–H and O–H groups in total. The summed E-state index contributed by atoms with van der Waals surface area (Å²) in [6, 6.07) is 16.4. The van der Waals surface area contributed by atoms with Gasteiger partial charge in [0.15, 0.2) is 0 Å². The van der Waals surface area contributed by atoms with Gasteiger partial charge in [-0.3, -0.25) is 4.79 Å². The summed E-state index contributed by atoms with van der Waals surface area (Å²) in [6.07, 6.45) is 2.87. The maximum Gasteiger partial charge on any atom is 0.355 e. The van der Waals surface area contributed by atoms with Crippen molar-refractivity contribution < 1.29 is 14.4 Å². The fourth-order valence-electron chi connectivity index (χ4n) is 1.74. The van der Waals surface area contributed by atoms with E-state index in [4.69, 9.17) is 4.84 Å². The van der Waals surface area contributed by atoms with Crippen molar-refractivity contribution in [2.45, 2.75) is 6.92 Å². The molecule has 2 rings (SSSR count). The first-order chi connectivity index (χ1) is 10.2. The van der Waals surface area contributed by atoms with Gasteiger partial charge in [-0.25, -0.2) is 4.79 Å². The maximum atomic E-state index is 11.8. The smallest absolute Gasteiger partial charge is 0.336 e. The standard InChI is InChI=1S/C17H15NO3/c1-13-7-5-6-10-15(13)17(20)18-21-16(19)12-11-14-8-3-2-4-9-14/h2-12H,1H3,(H,18,20)/b12-11+. The molecule has 0 aromatic heterocycles.